The van der Waals surface area contributed by atoms with Crippen molar-refractivity contribution in [3.63, 3.8) is 0 Å². The van der Waals surface area contributed by atoms with Crippen molar-refractivity contribution in [2.45, 2.75) is 71.1 Å². The molecule has 1 aliphatic carbocycles. The number of terminal acetylenes is 1. The van der Waals surface area contributed by atoms with E-state index in [9.17, 15) is 0 Å². The molecule has 0 amide bonds. The van der Waals surface area contributed by atoms with Gasteiger partial charge in [-0.05, 0) is 65.6 Å². The smallest absolute Gasteiger partial charge is 0.0246 e. The summed E-state index contributed by atoms with van der Waals surface area (Å²) in [4.78, 5) is 0. The van der Waals surface area contributed by atoms with E-state index >= 15 is 0 Å². The highest BCUT2D eigenvalue weighted by Gasteiger charge is 2.40. The van der Waals surface area contributed by atoms with E-state index in [1.807, 2.05) is 0 Å². The van der Waals surface area contributed by atoms with Crippen molar-refractivity contribution in [3.8, 4) is 23.5 Å². The van der Waals surface area contributed by atoms with Crippen LogP contribution in [-0.4, -0.2) is 0 Å². The summed E-state index contributed by atoms with van der Waals surface area (Å²) < 4.78 is 0. The Balaban J connectivity index is 2.02. The number of aryl methyl sites for hydroxylation is 1. The fourth-order valence-corrected chi connectivity index (χ4v) is 4.56. The largest absolute Gasteiger partial charge is 0.115 e. The first-order chi connectivity index (χ1) is 12.2. The molecule has 0 aliphatic heterocycles. The topological polar surface area (TPSA) is 0 Å². The van der Waals surface area contributed by atoms with Gasteiger partial charge in [0, 0.05) is 11.0 Å². The molecule has 0 saturated carbocycles. The fourth-order valence-electron chi connectivity index (χ4n) is 4.56. The molecule has 0 bridgehead atoms. The van der Waals surface area contributed by atoms with Crippen molar-refractivity contribution >= 4 is 0 Å². The first-order valence-corrected chi connectivity index (χ1v) is 9.95. The van der Waals surface area contributed by atoms with Crippen LogP contribution in [0.15, 0.2) is 36.4 Å². The lowest BCUT2D eigenvalue weighted by molar-refractivity contribution is 0.490. The number of benzene rings is 2. The average molecular weight is 331 g/mol. The van der Waals surface area contributed by atoms with Crippen LogP contribution in [0.3, 0.4) is 0 Å². The van der Waals surface area contributed by atoms with Gasteiger partial charge in [0.1, 0.15) is 0 Å². The minimum absolute atomic E-state index is 0.122. The lowest BCUT2D eigenvalue weighted by atomic mass is 9.73. The molecule has 0 unspecified atom stereocenters. The zero-order valence-electron chi connectivity index (χ0n) is 16.0. The third kappa shape index (κ3) is 3.02. The van der Waals surface area contributed by atoms with Gasteiger partial charge < -0.3 is 0 Å². The molecule has 25 heavy (non-hydrogen) atoms. The normalized spacial score (nSPS) is 14.0. The molecule has 2 aromatic rings. The van der Waals surface area contributed by atoms with Crippen LogP contribution in [0.4, 0.5) is 0 Å². The second-order valence-corrected chi connectivity index (χ2v) is 7.38. The quantitative estimate of drug-likeness (QED) is 0.383. The Kier molecular flexibility index (Phi) is 5.33. The minimum Gasteiger partial charge on any atom is -0.115 e. The molecule has 2 aromatic carbocycles. The van der Waals surface area contributed by atoms with Crippen LogP contribution >= 0.6 is 0 Å². The molecule has 0 radical (unpaired) electrons. The van der Waals surface area contributed by atoms with E-state index in [1.165, 1.54) is 59.9 Å². The van der Waals surface area contributed by atoms with E-state index in [-0.39, 0.29) is 5.41 Å². The van der Waals surface area contributed by atoms with Gasteiger partial charge in [0.05, 0.1) is 0 Å². The monoisotopic (exact) mass is 330 g/mol. The van der Waals surface area contributed by atoms with E-state index in [0.29, 0.717) is 0 Å². The second kappa shape index (κ2) is 7.49. The standard InChI is InChI=1S/C25H30/c1-5-9-10-11-12-20-14-16-22-21-15-13-19(6-2)17-23(21)25(7-3,8-4)24(22)18-20/h2,13-18H,5,7-12H2,1,3-4H3. The van der Waals surface area contributed by atoms with E-state index in [2.05, 4.69) is 63.1 Å². The first-order valence-electron chi connectivity index (χ1n) is 9.95. The van der Waals surface area contributed by atoms with Crippen molar-refractivity contribution in [2.75, 3.05) is 0 Å². The minimum atomic E-state index is 0.122. The molecule has 0 saturated heterocycles. The van der Waals surface area contributed by atoms with Crippen LogP contribution in [0.2, 0.25) is 0 Å². The van der Waals surface area contributed by atoms with Crippen LogP contribution in [0.25, 0.3) is 11.1 Å². The molecule has 1 aliphatic rings. The van der Waals surface area contributed by atoms with Crippen LogP contribution in [0.5, 0.6) is 0 Å². The van der Waals surface area contributed by atoms with E-state index in [0.717, 1.165) is 18.4 Å². The van der Waals surface area contributed by atoms with Crippen LogP contribution in [0.1, 0.15) is 81.5 Å². The van der Waals surface area contributed by atoms with E-state index < -0.39 is 0 Å². The Bertz CT molecular complexity index is 784. The molecule has 3 rings (SSSR count). The number of unbranched alkanes of at least 4 members (excludes halogenated alkanes) is 3. The maximum absolute atomic E-state index is 5.67. The summed E-state index contributed by atoms with van der Waals surface area (Å²) in [6, 6.07) is 13.8. The number of hydrogen-bond donors (Lipinski definition) is 0. The molecule has 0 nitrogen and oxygen atoms in total. The Hall–Kier alpha value is -2.00. The zero-order chi connectivity index (χ0) is 17.9. The molecule has 0 N–H and O–H groups in total. The predicted molar refractivity (Wildman–Crippen MR) is 109 cm³/mol. The number of hydrogen-bond acceptors (Lipinski definition) is 0. The Morgan fingerprint density at radius 2 is 1.52 bits per heavy atom. The summed E-state index contributed by atoms with van der Waals surface area (Å²) in [5.41, 5.74) is 8.37. The third-order valence-electron chi connectivity index (χ3n) is 6.12. The summed E-state index contributed by atoms with van der Waals surface area (Å²) in [6.07, 6.45) is 14.4. The van der Waals surface area contributed by atoms with Crippen molar-refractivity contribution in [1.29, 1.82) is 0 Å². The molecular formula is C25H30. The van der Waals surface area contributed by atoms with Crippen molar-refractivity contribution in [3.05, 3.63) is 58.7 Å². The first kappa shape index (κ1) is 17.8. The molecule has 0 heterocycles. The molecule has 0 heteroatoms. The van der Waals surface area contributed by atoms with Crippen molar-refractivity contribution in [1.82, 2.24) is 0 Å². The van der Waals surface area contributed by atoms with Crippen LogP contribution in [0, 0.1) is 12.3 Å². The van der Waals surface area contributed by atoms with Gasteiger partial charge >= 0.3 is 0 Å². The SMILES string of the molecule is C#Cc1ccc2c(c1)C(CC)(CC)c1cc(CCCCCC)ccc1-2. The molecule has 0 aromatic heterocycles. The molecular weight excluding hydrogens is 300 g/mol. The van der Waals surface area contributed by atoms with Gasteiger partial charge in [-0.3, -0.25) is 0 Å². The van der Waals surface area contributed by atoms with E-state index in [4.69, 9.17) is 6.42 Å². The van der Waals surface area contributed by atoms with Crippen LogP contribution < -0.4 is 0 Å². The zero-order valence-corrected chi connectivity index (χ0v) is 16.0. The summed E-state index contributed by atoms with van der Waals surface area (Å²) in [5, 5.41) is 0. The van der Waals surface area contributed by atoms with Gasteiger partial charge in [-0.15, -0.1) is 6.42 Å². The fraction of sp³-hybridized carbons (Fsp3) is 0.440. The Morgan fingerprint density at radius 1 is 0.840 bits per heavy atom. The van der Waals surface area contributed by atoms with Gasteiger partial charge in [0.25, 0.3) is 0 Å². The Morgan fingerprint density at radius 3 is 2.16 bits per heavy atom. The lowest BCUT2D eigenvalue weighted by Crippen LogP contribution is -2.23. The summed E-state index contributed by atoms with van der Waals surface area (Å²) in [5.74, 6) is 2.82. The van der Waals surface area contributed by atoms with Crippen molar-refractivity contribution < 1.29 is 0 Å². The van der Waals surface area contributed by atoms with Gasteiger partial charge in [-0.25, -0.2) is 0 Å². The van der Waals surface area contributed by atoms with Gasteiger partial charge in [-0.1, -0.05) is 70.2 Å². The lowest BCUT2D eigenvalue weighted by Gasteiger charge is -2.30. The highest BCUT2D eigenvalue weighted by molar-refractivity contribution is 5.82. The molecule has 130 valence electrons. The third-order valence-corrected chi connectivity index (χ3v) is 6.12. The van der Waals surface area contributed by atoms with Gasteiger partial charge in [0.15, 0.2) is 0 Å². The summed E-state index contributed by atoms with van der Waals surface area (Å²) in [6.45, 7) is 6.91. The van der Waals surface area contributed by atoms with Crippen molar-refractivity contribution in [2.24, 2.45) is 0 Å². The maximum Gasteiger partial charge on any atom is 0.0246 e. The molecule has 0 atom stereocenters. The van der Waals surface area contributed by atoms with Gasteiger partial charge in [-0.2, -0.15) is 0 Å². The Labute approximate surface area is 153 Å². The highest BCUT2D eigenvalue weighted by atomic mass is 14.4. The number of fused-ring (bicyclic) bond motifs is 3. The maximum atomic E-state index is 5.67. The van der Waals surface area contributed by atoms with E-state index in [1.54, 1.807) is 0 Å². The summed E-state index contributed by atoms with van der Waals surface area (Å²) >= 11 is 0. The highest BCUT2D eigenvalue weighted by Crippen LogP contribution is 2.53. The summed E-state index contributed by atoms with van der Waals surface area (Å²) in [7, 11) is 0. The average Bonchev–Trinajstić information content (AvgIpc) is 2.94. The predicted octanol–water partition coefficient (Wildman–Crippen LogP) is 6.88. The second-order valence-electron chi connectivity index (χ2n) is 7.38. The van der Waals surface area contributed by atoms with Gasteiger partial charge in [0.2, 0.25) is 0 Å². The van der Waals surface area contributed by atoms with Crippen LogP contribution in [-0.2, 0) is 11.8 Å². The number of rotatable bonds is 7. The molecule has 0 spiro atoms. The molecule has 0 fully saturated rings.